The van der Waals surface area contributed by atoms with Crippen molar-refractivity contribution < 1.29 is 9.53 Å². The second-order valence-electron chi connectivity index (χ2n) is 18.1. The lowest BCUT2D eigenvalue weighted by molar-refractivity contribution is -0.0593. The van der Waals surface area contributed by atoms with Crippen molar-refractivity contribution >= 4 is 34.3 Å². The van der Waals surface area contributed by atoms with E-state index >= 15 is 0 Å². The average molecular weight is 719 g/mol. The Kier molecular flexibility index (Phi) is 12.3. The molecule has 1 aromatic heterocycles. The van der Waals surface area contributed by atoms with Crippen LogP contribution < -0.4 is 5.32 Å². The van der Waals surface area contributed by atoms with Crippen molar-refractivity contribution in [1.29, 1.82) is 0 Å². The van der Waals surface area contributed by atoms with Gasteiger partial charge in [0.2, 0.25) is 0 Å². The lowest BCUT2D eigenvalue weighted by atomic mass is 9.47. The fourth-order valence-corrected chi connectivity index (χ4v) is 11.5. The second kappa shape index (κ2) is 16.4. The van der Waals surface area contributed by atoms with Crippen LogP contribution in [-0.2, 0) is 4.74 Å². The number of amides is 1. The normalized spacial score (nSPS) is 30.8. The SMILES string of the molecule is CC(C)CCC[C@@H](C)[C@H]1CC[C@H]2[C@@H]3CC=C4CC(OC(=O)N(CCCNc5ccnc6cc(Cl)ccc56)CCN(C)C)CC[C@]4(C)[C@H]3CC[C@]12C. The number of ether oxygens (including phenoxy) is 1. The van der Waals surface area contributed by atoms with Crippen LogP contribution in [0, 0.1) is 46.3 Å². The van der Waals surface area contributed by atoms with E-state index in [0.29, 0.717) is 23.5 Å². The molecule has 6 nitrogen and oxygen atoms in total. The first-order valence-corrected chi connectivity index (χ1v) is 20.8. The lowest BCUT2D eigenvalue weighted by Crippen LogP contribution is -2.51. The maximum atomic E-state index is 13.7. The van der Waals surface area contributed by atoms with Crippen LogP contribution in [0.15, 0.2) is 42.1 Å². The third kappa shape index (κ3) is 8.43. The number of anilines is 1. The van der Waals surface area contributed by atoms with Crippen molar-refractivity contribution in [3.8, 4) is 0 Å². The average Bonchev–Trinajstić information content (AvgIpc) is 3.45. The first kappa shape index (κ1) is 38.4. The van der Waals surface area contributed by atoms with Gasteiger partial charge in [0, 0.05) is 54.9 Å². The molecular formula is C44H67ClN4O2. The third-order valence-electron chi connectivity index (χ3n) is 14.2. The maximum absolute atomic E-state index is 13.7. The van der Waals surface area contributed by atoms with Gasteiger partial charge >= 0.3 is 6.09 Å². The smallest absolute Gasteiger partial charge is 0.410 e. The molecule has 0 radical (unpaired) electrons. The molecule has 2 aromatic rings. The molecule has 0 saturated heterocycles. The van der Waals surface area contributed by atoms with Gasteiger partial charge < -0.3 is 19.9 Å². The summed E-state index contributed by atoms with van der Waals surface area (Å²) in [5.41, 5.74) is 4.27. The van der Waals surface area contributed by atoms with Crippen molar-refractivity contribution in [1.82, 2.24) is 14.8 Å². The minimum absolute atomic E-state index is 0.0280. The number of hydrogen-bond donors (Lipinski definition) is 1. The summed E-state index contributed by atoms with van der Waals surface area (Å²) in [6, 6.07) is 7.80. The first-order valence-electron chi connectivity index (χ1n) is 20.5. The summed E-state index contributed by atoms with van der Waals surface area (Å²) < 4.78 is 6.36. The minimum atomic E-state index is -0.156. The van der Waals surface area contributed by atoms with Crippen molar-refractivity contribution in [2.45, 2.75) is 118 Å². The molecule has 8 atom stereocenters. The highest BCUT2D eigenvalue weighted by molar-refractivity contribution is 6.31. The highest BCUT2D eigenvalue weighted by Gasteiger charge is 2.59. The van der Waals surface area contributed by atoms with Gasteiger partial charge in [0.25, 0.3) is 0 Å². The van der Waals surface area contributed by atoms with Crippen LogP contribution in [0.1, 0.15) is 112 Å². The molecule has 1 unspecified atom stereocenters. The van der Waals surface area contributed by atoms with E-state index in [0.717, 1.165) is 90.9 Å². The van der Waals surface area contributed by atoms with Gasteiger partial charge in [-0.25, -0.2) is 4.79 Å². The van der Waals surface area contributed by atoms with Crippen LogP contribution in [0.2, 0.25) is 5.02 Å². The molecule has 4 aliphatic rings. The third-order valence-corrected chi connectivity index (χ3v) is 14.5. The van der Waals surface area contributed by atoms with Crippen molar-refractivity contribution in [2.75, 3.05) is 45.6 Å². The number of halogens is 1. The Hall–Kier alpha value is -2.31. The Morgan fingerprint density at radius 2 is 1.82 bits per heavy atom. The van der Waals surface area contributed by atoms with Gasteiger partial charge in [0.1, 0.15) is 6.10 Å². The van der Waals surface area contributed by atoms with Gasteiger partial charge in [0.15, 0.2) is 0 Å². The molecule has 51 heavy (non-hydrogen) atoms. The molecule has 1 heterocycles. The van der Waals surface area contributed by atoms with Gasteiger partial charge in [-0.05, 0) is 136 Å². The Labute approximate surface area is 314 Å². The van der Waals surface area contributed by atoms with Crippen LogP contribution in [0.4, 0.5) is 10.5 Å². The zero-order chi connectivity index (χ0) is 36.3. The highest BCUT2D eigenvalue weighted by Crippen LogP contribution is 2.67. The van der Waals surface area contributed by atoms with Gasteiger partial charge in [0.05, 0.1) is 5.52 Å². The van der Waals surface area contributed by atoms with Crippen molar-refractivity contribution in [3.05, 3.63) is 47.1 Å². The number of benzene rings is 1. The quantitative estimate of drug-likeness (QED) is 0.156. The zero-order valence-electron chi connectivity index (χ0n) is 32.9. The monoisotopic (exact) mass is 718 g/mol. The summed E-state index contributed by atoms with van der Waals surface area (Å²) in [6.45, 7) is 15.5. The second-order valence-corrected chi connectivity index (χ2v) is 18.6. The van der Waals surface area contributed by atoms with Crippen LogP contribution in [0.3, 0.4) is 0 Å². The van der Waals surface area contributed by atoms with Gasteiger partial charge in [-0.1, -0.05) is 77.1 Å². The van der Waals surface area contributed by atoms with E-state index in [2.05, 4.69) is 70.0 Å². The zero-order valence-corrected chi connectivity index (χ0v) is 33.6. The minimum Gasteiger partial charge on any atom is -0.446 e. The molecule has 0 spiro atoms. The fourth-order valence-electron chi connectivity index (χ4n) is 11.4. The number of aromatic nitrogens is 1. The lowest BCUT2D eigenvalue weighted by Gasteiger charge is -2.58. The number of likely N-dealkylation sites (N-methyl/N-ethyl adjacent to an activating group) is 1. The molecule has 1 amide bonds. The summed E-state index contributed by atoms with van der Waals surface area (Å²) in [5, 5.41) is 5.30. The summed E-state index contributed by atoms with van der Waals surface area (Å²) in [5.74, 6) is 5.03. The first-order chi connectivity index (χ1) is 24.4. The Morgan fingerprint density at radius 1 is 1.00 bits per heavy atom. The fraction of sp³-hybridized carbons (Fsp3) is 0.727. The van der Waals surface area contributed by atoms with Crippen molar-refractivity contribution in [2.24, 2.45) is 46.3 Å². The van der Waals surface area contributed by atoms with Crippen LogP contribution >= 0.6 is 11.6 Å². The van der Waals surface area contributed by atoms with E-state index in [-0.39, 0.29) is 17.6 Å². The van der Waals surface area contributed by atoms with E-state index in [4.69, 9.17) is 16.3 Å². The molecule has 1 N–H and O–H groups in total. The summed E-state index contributed by atoms with van der Waals surface area (Å²) in [7, 11) is 4.12. The number of pyridine rings is 1. The molecule has 6 rings (SSSR count). The highest BCUT2D eigenvalue weighted by atomic mass is 35.5. The Bertz CT molecular complexity index is 1530. The molecule has 0 aliphatic heterocycles. The Balaban J connectivity index is 1.04. The topological polar surface area (TPSA) is 57.7 Å². The largest absolute Gasteiger partial charge is 0.446 e. The van der Waals surface area contributed by atoms with Gasteiger partial charge in [-0.2, -0.15) is 0 Å². The number of rotatable bonds is 14. The number of allylic oxidation sites excluding steroid dienone is 1. The van der Waals surface area contributed by atoms with E-state index < -0.39 is 0 Å². The predicted octanol–water partition coefficient (Wildman–Crippen LogP) is 11.1. The molecule has 282 valence electrons. The van der Waals surface area contributed by atoms with Crippen LogP contribution in [0.25, 0.3) is 10.9 Å². The number of hydrogen-bond acceptors (Lipinski definition) is 5. The van der Waals surface area contributed by atoms with E-state index in [1.807, 2.05) is 35.4 Å². The van der Waals surface area contributed by atoms with Crippen LogP contribution in [-0.4, -0.2) is 67.3 Å². The number of carbonyl (C=O) groups is 1. The maximum Gasteiger partial charge on any atom is 0.410 e. The summed E-state index contributed by atoms with van der Waals surface area (Å²) >= 11 is 6.19. The molecule has 4 aliphatic carbocycles. The van der Waals surface area contributed by atoms with Crippen LogP contribution in [0.5, 0.6) is 0 Å². The number of fused-ring (bicyclic) bond motifs is 6. The molecule has 1 aromatic carbocycles. The molecule has 3 saturated carbocycles. The predicted molar refractivity (Wildman–Crippen MR) is 213 cm³/mol. The van der Waals surface area contributed by atoms with Gasteiger partial charge in [-0.3, -0.25) is 4.98 Å². The molecule has 3 fully saturated rings. The van der Waals surface area contributed by atoms with Gasteiger partial charge in [-0.15, -0.1) is 0 Å². The van der Waals surface area contributed by atoms with E-state index in [9.17, 15) is 4.79 Å². The molecular weight excluding hydrogens is 652 g/mol. The van der Waals surface area contributed by atoms with Crippen molar-refractivity contribution in [3.63, 3.8) is 0 Å². The summed E-state index contributed by atoms with van der Waals surface area (Å²) in [4.78, 5) is 22.3. The van der Waals surface area contributed by atoms with E-state index in [1.165, 1.54) is 51.4 Å². The number of nitrogens with one attached hydrogen (secondary N) is 1. The molecule has 7 heteroatoms. The number of carbonyl (C=O) groups excluding carboxylic acids is 1. The summed E-state index contributed by atoms with van der Waals surface area (Å²) in [6.07, 6.45) is 19.2. The number of nitrogens with zero attached hydrogens (tertiary/aromatic N) is 3. The Morgan fingerprint density at radius 3 is 2.61 bits per heavy atom. The standard InChI is InChI=1S/C44H67ClN4O2/c1-30(2)10-8-11-31(3)37-16-17-38-35-14-12-32-28-34(18-21-43(32,4)39(35)19-22-44(37,38)5)51-42(50)49(27-26-48(6)7)25-9-23-46-40-20-24-47-41-29-33(45)13-15-36(40)41/h12-13,15,20,24,29-31,34-35,37-39H,8-11,14,16-19,21-23,25-28H2,1-7H3,(H,46,47)/t31-,34?,35+,37-,38+,39+,43+,44-/m1/s1. The molecule has 0 bridgehead atoms. The van der Waals surface area contributed by atoms with E-state index in [1.54, 1.807) is 5.57 Å².